The summed E-state index contributed by atoms with van der Waals surface area (Å²) >= 11 is 0. The molecule has 0 aliphatic heterocycles. The van der Waals surface area contributed by atoms with Gasteiger partial charge in [-0.3, -0.25) is 0 Å². The van der Waals surface area contributed by atoms with Crippen molar-refractivity contribution >= 4 is 0 Å². The van der Waals surface area contributed by atoms with E-state index < -0.39 is 0 Å². The third kappa shape index (κ3) is 5.79. The Kier molecular flexibility index (Phi) is 5.99. The summed E-state index contributed by atoms with van der Waals surface area (Å²) in [7, 11) is 4.05. The van der Waals surface area contributed by atoms with Crippen LogP contribution in [0.1, 0.15) is 11.8 Å². The van der Waals surface area contributed by atoms with Crippen molar-refractivity contribution < 1.29 is 9.15 Å². The fourth-order valence-electron chi connectivity index (χ4n) is 1.10. The van der Waals surface area contributed by atoms with Gasteiger partial charge in [0.15, 0.2) is 0 Å². The number of likely N-dealkylation sites (N-methyl/N-ethyl adjacent to an activating group) is 1. The van der Waals surface area contributed by atoms with Gasteiger partial charge in [-0.25, -0.2) is 0 Å². The van der Waals surface area contributed by atoms with Gasteiger partial charge in [0, 0.05) is 20.0 Å². The predicted octanol–water partition coefficient (Wildman–Crippen LogP) is 0.0458. The van der Waals surface area contributed by atoms with Gasteiger partial charge in [-0.2, -0.15) is 0 Å². The molecule has 0 fully saturated rings. The SMILES string of the molecule is Cc1nnc(CNCCOCCN(C)C)o1. The molecule has 1 N–H and O–H groups in total. The van der Waals surface area contributed by atoms with Crippen molar-refractivity contribution in [1.82, 2.24) is 20.4 Å². The zero-order valence-corrected chi connectivity index (χ0v) is 10.2. The Morgan fingerprint density at radius 2 is 2.12 bits per heavy atom. The van der Waals surface area contributed by atoms with Crippen LogP contribution in [0.3, 0.4) is 0 Å². The summed E-state index contributed by atoms with van der Waals surface area (Å²) in [6, 6.07) is 0. The van der Waals surface area contributed by atoms with E-state index in [1.807, 2.05) is 14.1 Å². The Bertz CT molecular complexity index is 288. The van der Waals surface area contributed by atoms with Crippen LogP contribution in [0.4, 0.5) is 0 Å². The maximum Gasteiger partial charge on any atom is 0.230 e. The number of nitrogens with one attached hydrogen (secondary N) is 1. The molecule has 6 nitrogen and oxygen atoms in total. The van der Waals surface area contributed by atoms with Crippen LogP contribution in [0, 0.1) is 6.92 Å². The number of hydrogen-bond donors (Lipinski definition) is 1. The van der Waals surface area contributed by atoms with E-state index in [0.717, 1.165) is 19.7 Å². The zero-order chi connectivity index (χ0) is 11.8. The molecule has 0 unspecified atom stereocenters. The van der Waals surface area contributed by atoms with Crippen molar-refractivity contribution in [2.75, 3.05) is 40.4 Å². The second-order valence-electron chi connectivity index (χ2n) is 3.81. The summed E-state index contributed by atoms with van der Waals surface area (Å²) in [5.74, 6) is 1.21. The van der Waals surface area contributed by atoms with Gasteiger partial charge in [-0.05, 0) is 14.1 Å². The smallest absolute Gasteiger partial charge is 0.230 e. The number of hydrogen-bond acceptors (Lipinski definition) is 6. The fourth-order valence-corrected chi connectivity index (χ4v) is 1.10. The molecule has 0 saturated heterocycles. The second kappa shape index (κ2) is 7.32. The zero-order valence-electron chi connectivity index (χ0n) is 10.2. The summed E-state index contributed by atoms with van der Waals surface area (Å²) in [6.07, 6.45) is 0. The van der Waals surface area contributed by atoms with Crippen LogP contribution in [0.25, 0.3) is 0 Å². The summed E-state index contributed by atoms with van der Waals surface area (Å²) in [4.78, 5) is 2.09. The predicted molar refractivity (Wildman–Crippen MR) is 60.1 cm³/mol. The highest BCUT2D eigenvalue weighted by Gasteiger charge is 2.00. The first-order valence-corrected chi connectivity index (χ1v) is 5.40. The van der Waals surface area contributed by atoms with Gasteiger partial charge in [0.2, 0.25) is 11.8 Å². The standard InChI is InChI=1S/C10H20N4O2/c1-9-12-13-10(16-9)8-11-4-6-15-7-5-14(2)3/h11H,4-8H2,1-3H3. The van der Waals surface area contributed by atoms with E-state index in [1.165, 1.54) is 0 Å². The van der Waals surface area contributed by atoms with Crippen LogP contribution >= 0.6 is 0 Å². The lowest BCUT2D eigenvalue weighted by atomic mass is 10.6. The van der Waals surface area contributed by atoms with Gasteiger partial charge in [-0.1, -0.05) is 0 Å². The Labute approximate surface area is 96.0 Å². The van der Waals surface area contributed by atoms with Gasteiger partial charge in [0.25, 0.3) is 0 Å². The average Bonchev–Trinajstić information content (AvgIpc) is 2.62. The molecular weight excluding hydrogens is 208 g/mol. The molecule has 0 aliphatic rings. The van der Waals surface area contributed by atoms with E-state index in [1.54, 1.807) is 6.92 Å². The molecule has 0 radical (unpaired) electrons. The van der Waals surface area contributed by atoms with Crippen LogP contribution in [0.2, 0.25) is 0 Å². The van der Waals surface area contributed by atoms with Gasteiger partial charge in [0.05, 0.1) is 19.8 Å². The van der Waals surface area contributed by atoms with E-state index >= 15 is 0 Å². The Morgan fingerprint density at radius 3 is 2.75 bits per heavy atom. The number of aryl methyl sites for hydroxylation is 1. The number of nitrogens with zero attached hydrogens (tertiary/aromatic N) is 3. The molecule has 92 valence electrons. The number of aromatic nitrogens is 2. The molecular formula is C10H20N4O2. The highest BCUT2D eigenvalue weighted by molar-refractivity contribution is 4.77. The maximum absolute atomic E-state index is 5.42. The summed E-state index contributed by atoms with van der Waals surface area (Å²) < 4.78 is 10.6. The lowest BCUT2D eigenvalue weighted by Gasteiger charge is -2.09. The summed E-state index contributed by atoms with van der Waals surface area (Å²) in [5.41, 5.74) is 0. The monoisotopic (exact) mass is 228 g/mol. The molecule has 0 aromatic carbocycles. The first kappa shape index (κ1) is 13.1. The van der Waals surface area contributed by atoms with Crippen LogP contribution < -0.4 is 5.32 Å². The van der Waals surface area contributed by atoms with Crippen LogP contribution in [0.15, 0.2) is 4.42 Å². The average molecular weight is 228 g/mol. The maximum atomic E-state index is 5.42. The van der Waals surface area contributed by atoms with Gasteiger partial charge in [0.1, 0.15) is 0 Å². The third-order valence-electron chi connectivity index (χ3n) is 1.95. The van der Waals surface area contributed by atoms with Crippen LogP contribution in [-0.4, -0.2) is 55.5 Å². The lowest BCUT2D eigenvalue weighted by Crippen LogP contribution is -2.23. The molecule has 1 rings (SSSR count). The Balaban J connectivity index is 1.92. The molecule has 0 saturated carbocycles. The molecule has 0 spiro atoms. The molecule has 0 amide bonds. The number of ether oxygens (including phenoxy) is 1. The van der Waals surface area contributed by atoms with Gasteiger partial charge in [-0.15, -0.1) is 10.2 Å². The van der Waals surface area contributed by atoms with Crippen LogP contribution in [-0.2, 0) is 11.3 Å². The van der Waals surface area contributed by atoms with Gasteiger partial charge >= 0.3 is 0 Å². The molecule has 6 heteroatoms. The molecule has 1 heterocycles. The molecule has 1 aromatic rings. The minimum atomic E-state index is 0.595. The van der Waals surface area contributed by atoms with E-state index in [9.17, 15) is 0 Å². The van der Waals surface area contributed by atoms with Gasteiger partial charge < -0.3 is 19.4 Å². The van der Waals surface area contributed by atoms with E-state index in [4.69, 9.17) is 9.15 Å². The summed E-state index contributed by atoms with van der Waals surface area (Å²) in [5, 5.41) is 10.8. The van der Waals surface area contributed by atoms with Crippen molar-refractivity contribution in [3.63, 3.8) is 0 Å². The minimum absolute atomic E-state index is 0.595. The molecule has 16 heavy (non-hydrogen) atoms. The Hall–Kier alpha value is -0.980. The van der Waals surface area contributed by atoms with Crippen molar-refractivity contribution in [3.8, 4) is 0 Å². The Morgan fingerprint density at radius 1 is 1.31 bits per heavy atom. The third-order valence-corrected chi connectivity index (χ3v) is 1.95. The molecule has 1 aromatic heterocycles. The van der Waals surface area contributed by atoms with Crippen molar-refractivity contribution in [2.45, 2.75) is 13.5 Å². The first-order valence-electron chi connectivity index (χ1n) is 5.40. The largest absolute Gasteiger partial charge is 0.424 e. The topological polar surface area (TPSA) is 63.4 Å². The van der Waals surface area contributed by atoms with Crippen molar-refractivity contribution in [1.29, 1.82) is 0 Å². The highest BCUT2D eigenvalue weighted by Crippen LogP contribution is 1.95. The van der Waals surface area contributed by atoms with Crippen molar-refractivity contribution in [3.05, 3.63) is 11.8 Å². The molecule has 0 aliphatic carbocycles. The highest BCUT2D eigenvalue weighted by atomic mass is 16.5. The fraction of sp³-hybridized carbons (Fsp3) is 0.800. The quantitative estimate of drug-likeness (QED) is 0.634. The van der Waals surface area contributed by atoms with E-state index in [0.29, 0.717) is 24.9 Å². The first-order chi connectivity index (χ1) is 7.68. The molecule has 0 bridgehead atoms. The summed E-state index contributed by atoms with van der Waals surface area (Å²) in [6.45, 7) is 5.56. The van der Waals surface area contributed by atoms with E-state index in [2.05, 4.69) is 20.4 Å². The van der Waals surface area contributed by atoms with Crippen molar-refractivity contribution in [2.24, 2.45) is 0 Å². The van der Waals surface area contributed by atoms with E-state index in [-0.39, 0.29) is 0 Å². The normalized spacial score (nSPS) is 11.2. The van der Waals surface area contributed by atoms with Crippen LogP contribution in [0.5, 0.6) is 0 Å². The molecule has 0 atom stereocenters. The lowest BCUT2D eigenvalue weighted by molar-refractivity contribution is 0.119. The second-order valence-corrected chi connectivity index (χ2v) is 3.81. The minimum Gasteiger partial charge on any atom is -0.424 e. The number of rotatable bonds is 8.